The van der Waals surface area contributed by atoms with Crippen LogP contribution in [0.2, 0.25) is 0 Å². The third-order valence-corrected chi connectivity index (χ3v) is 5.13. The highest BCUT2D eigenvalue weighted by atomic mass is 16.5. The first-order valence-corrected chi connectivity index (χ1v) is 10.1. The van der Waals surface area contributed by atoms with Crippen LogP contribution in [0.25, 0.3) is 10.8 Å². The summed E-state index contributed by atoms with van der Waals surface area (Å²) in [7, 11) is 0. The number of hydrogen-bond acceptors (Lipinski definition) is 4. The first kappa shape index (κ1) is 20.2. The Balaban J connectivity index is 1.53. The summed E-state index contributed by atoms with van der Waals surface area (Å²) in [5, 5.41) is 11.7. The lowest BCUT2D eigenvalue weighted by Gasteiger charge is -2.17. The van der Waals surface area contributed by atoms with Crippen LogP contribution in [0.15, 0.2) is 97.1 Å². The number of para-hydroxylation sites is 1. The summed E-state index contributed by atoms with van der Waals surface area (Å²) in [5.41, 5.74) is 1.44. The molecule has 0 saturated carbocycles. The standard InChI is InChI=1S/C27H21NO3/c1-19(24-16-8-10-20-9-5-6-15-25(20)24)27(29)31-26(18-28)21-11-7-14-23(17-21)30-22-12-3-2-4-13-22/h2-17,19,26H,1H3. The minimum atomic E-state index is -1.02. The molecule has 0 amide bonds. The zero-order chi connectivity index (χ0) is 21.6. The molecule has 0 bridgehead atoms. The molecule has 0 radical (unpaired) electrons. The highest BCUT2D eigenvalue weighted by molar-refractivity contribution is 5.91. The smallest absolute Gasteiger partial charge is 0.314 e. The minimum absolute atomic E-state index is 0.447. The van der Waals surface area contributed by atoms with E-state index in [9.17, 15) is 10.1 Å². The van der Waals surface area contributed by atoms with Crippen molar-refractivity contribution in [2.75, 3.05) is 0 Å². The van der Waals surface area contributed by atoms with Gasteiger partial charge in [-0.25, -0.2) is 0 Å². The van der Waals surface area contributed by atoms with Gasteiger partial charge in [-0.1, -0.05) is 72.8 Å². The minimum Gasteiger partial charge on any atom is -0.457 e. The van der Waals surface area contributed by atoms with E-state index in [0.29, 0.717) is 17.1 Å². The average molecular weight is 407 g/mol. The van der Waals surface area contributed by atoms with Gasteiger partial charge < -0.3 is 9.47 Å². The van der Waals surface area contributed by atoms with Crippen molar-refractivity contribution in [3.8, 4) is 17.6 Å². The highest BCUT2D eigenvalue weighted by Crippen LogP contribution is 2.30. The van der Waals surface area contributed by atoms with Crippen LogP contribution < -0.4 is 4.74 Å². The van der Waals surface area contributed by atoms with E-state index in [1.165, 1.54) is 0 Å². The fourth-order valence-electron chi connectivity index (χ4n) is 3.51. The number of fused-ring (bicyclic) bond motifs is 1. The molecule has 0 saturated heterocycles. The normalized spacial score (nSPS) is 12.5. The van der Waals surface area contributed by atoms with E-state index >= 15 is 0 Å². The molecule has 0 aliphatic rings. The number of rotatable bonds is 6. The van der Waals surface area contributed by atoms with Gasteiger partial charge in [0.15, 0.2) is 0 Å². The molecule has 4 rings (SSSR count). The number of hydrogen-bond donors (Lipinski definition) is 0. The number of nitrogens with zero attached hydrogens (tertiary/aromatic N) is 1. The van der Waals surface area contributed by atoms with Crippen LogP contribution in [-0.4, -0.2) is 5.97 Å². The monoisotopic (exact) mass is 407 g/mol. The lowest BCUT2D eigenvalue weighted by molar-refractivity contribution is -0.148. The highest BCUT2D eigenvalue weighted by Gasteiger charge is 2.24. The predicted octanol–water partition coefficient (Wildman–Crippen LogP) is 6.54. The van der Waals surface area contributed by atoms with Crippen molar-refractivity contribution >= 4 is 16.7 Å². The molecule has 0 aromatic heterocycles. The van der Waals surface area contributed by atoms with Crippen LogP contribution >= 0.6 is 0 Å². The third kappa shape index (κ3) is 4.57. The number of nitriles is 1. The van der Waals surface area contributed by atoms with E-state index in [1.807, 2.05) is 72.8 Å². The van der Waals surface area contributed by atoms with Crippen molar-refractivity contribution in [1.29, 1.82) is 5.26 Å². The molecule has 0 fully saturated rings. The Hall–Kier alpha value is -4.10. The van der Waals surface area contributed by atoms with Gasteiger partial charge in [-0.15, -0.1) is 0 Å². The molecular formula is C27H21NO3. The molecule has 2 atom stereocenters. The molecule has 4 aromatic rings. The Morgan fingerprint density at radius 1 is 0.839 bits per heavy atom. The Bertz CT molecular complexity index is 1240. The van der Waals surface area contributed by atoms with Gasteiger partial charge in [-0.3, -0.25) is 4.79 Å². The van der Waals surface area contributed by atoms with Gasteiger partial charge in [0.2, 0.25) is 6.10 Å². The zero-order valence-corrected chi connectivity index (χ0v) is 17.1. The number of carbonyl (C=O) groups is 1. The number of ether oxygens (including phenoxy) is 2. The molecule has 4 aromatic carbocycles. The van der Waals surface area contributed by atoms with Crippen LogP contribution in [0.3, 0.4) is 0 Å². The zero-order valence-electron chi connectivity index (χ0n) is 17.1. The molecule has 31 heavy (non-hydrogen) atoms. The van der Waals surface area contributed by atoms with Gasteiger partial charge >= 0.3 is 5.97 Å². The summed E-state index contributed by atoms with van der Waals surface area (Å²) >= 11 is 0. The van der Waals surface area contributed by atoms with Gasteiger partial charge in [0.1, 0.15) is 17.6 Å². The summed E-state index contributed by atoms with van der Waals surface area (Å²) in [6, 6.07) is 32.3. The van der Waals surface area contributed by atoms with E-state index in [2.05, 4.69) is 6.07 Å². The Morgan fingerprint density at radius 3 is 2.32 bits per heavy atom. The largest absolute Gasteiger partial charge is 0.457 e. The molecule has 0 heterocycles. The Morgan fingerprint density at radius 2 is 1.52 bits per heavy atom. The Kier molecular flexibility index (Phi) is 5.96. The quantitative estimate of drug-likeness (QED) is 0.340. The fraction of sp³-hybridized carbons (Fsp3) is 0.111. The maximum atomic E-state index is 12.9. The second-order valence-electron chi connectivity index (χ2n) is 7.22. The average Bonchev–Trinajstić information content (AvgIpc) is 2.82. The first-order chi connectivity index (χ1) is 15.2. The summed E-state index contributed by atoms with van der Waals surface area (Å²) in [6.07, 6.45) is -1.02. The van der Waals surface area contributed by atoms with Crippen LogP contribution in [0.5, 0.6) is 11.5 Å². The van der Waals surface area contributed by atoms with Gasteiger partial charge in [0.25, 0.3) is 0 Å². The molecule has 0 spiro atoms. The van der Waals surface area contributed by atoms with Crippen molar-refractivity contribution in [3.63, 3.8) is 0 Å². The van der Waals surface area contributed by atoms with Crippen LogP contribution in [0, 0.1) is 11.3 Å². The van der Waals surface area contributed by atoms with E-state index in [4.69, 9.17) is 9.47 Å². The summed E-state index contributed by atoms with van der Waals surface area (Å²) in [5.74, 6) is 0.305. The number of esters is 1. The van der Waals surface area contributed by atoms with E-state index in [0.717, 1.165) is 16.3 Å². The fourth-order valence-corrected chi connectivity index (χ4v) is 3.51. The summed E-state index contributed by atoms with van der Waals surface area (Å²) in [4.78, 5) is 12.9. The molecule has 152 valence electrons. The Labute approximate surface area is 181 Å². The van der Waals surface area contributed by atoms with E-state index < -0.39 is 18.0 Å². The van der Waals surface area contributed by atoms with Crippen LogP contribution in [0.4, 0.5) is 0 Å². The molecule has 2 unspecified atom stereocenters. The van der Waals surface area contributed by atoms with Crippen LogP contribution in [0.1, 0.15) is 30.1 Å². The third-order valence-electron chi connectivity index (χ3n) is 5.13. The van der Waals surface area contributed by atoms with E-state index in [1.54, 1.807) is 31.2 Å². The van der Waals surface area contributed by atoms with Gasteiger partial charge in [-0.05, 0) is 47.5 Å². The van der Waals surface area contributed by atoms with Crippen molar-refractivity contribution in [2.24, 2.45) is 0 Å². The van der Waals surface area contributed by atoms with Crippen molar-refractivity contribution in [2.45, 2.75) is 18.9 Å². The summed E-state index contributed by atoms with van der Waals surface area (Å²) in [6.45, 7) is 1.80. The second-order valence-corrected chi connectivity index (χ2v) is 7.22. The van der Waals surface area contributed by atoms with Gasteiger partial charge in [-0.2, -0.15) is 5.26 Å². The number of carbonyl (C=O) groups excluding carboxylic acids is 1. The molecule has 4 heteroatoms. The molecule has 4 nitrogen and oxygen atoms in total. The predicted molar refractivity (Wildman–Crippen MR) is 120 cm³/mol. The molecular weight excluding hydrogens is 386 g/mol. The van der Waals surface area contributed by atoms with Crippen LogP contribution in [-0.2, 0) is 9.53 Å². The second kappa shape index (κ2) is 9.15. The molecule has 0 aliphatic heterocycles. The molecule has 0 N–H and O–H groups in total. The summed E-state index contributed by atoms with van der Waals surface area (Å²) < 4.78 is 11.4. The molecule has 0 aliphatic carbocycles. The SMILES string of the molecule is CC(C(=O)OC(C#N)c1cccc(Oc2ccccc2)c1)c1cccc2ccccc12. The maximum absolute atomic E-state index is 12.9. The van der Waals surface area contributed by atoms with Gasteiger partial charge in [0, 0.05) is 5.56 Å². The van der Waals surface area contributed by atoms with Crippen molar-refractivity contribution in [3.05, 3.63) is 108 Å². The number of benzene rings is 4. The van der Waals surface area contributed by atoms with Gasteiger partial charge in [0.05, 0.1) is 5.92 Å². The lowest BCUT2D eigenvalue weighted by Crippen LogP contribution is -2.16. The van der Waals surface area contributed by atoms with Crippen molar-refractivity contribution in [1.82, 2.24) is 0 Å². The van der Waals surface area contributed by atoms with E-state index in [-0.39, 0.29) is 0 Å². The lowest BCUT2D eigenvalue weighted by atomic mass is 9.95. The first-order valence-electron chi connectivity index (χ1n) is 10.1. The van der Waals surface area contributed by atoms with Crippen molar-refractivity contribution < 1.29 is 14.3 Å². The topological polar surface area (TPSA) is 59.3 Å². The maximum Gasteiger partial charge on any atom is 0.314 e.